The van der Waals surface area contributed by atoms with Crippen LogP contribution in [0.4, 0.5) is 0 Å². The first-order valence-corrected chi connectivity index (χ1v) is 11.5. The summed E-state index contributed by atoms with van der Waals surface area (Å²) in [6, 6.07) is 7.73. The van der Waals surface area contributed by atoms with Gasteiger partial charge in [0.15, 0.2) is 0 Å². The van der Waals surface area contributed by atoms with Crippen LogP contribution in [0.25, 0.3) is 11.5 Å². The fourth-order valence-electron chi connectivity index (χ4n) is 4.96. The molecule has 3 unspecified atom stereocenters. The van der Waals surface area contributed by atoms with Crippen molar-refractivity contribution in [1.29, 1.82) is 0 Å². The fourth-order valence-corrected chi connectivity index (χ4v) is 4.96. The third kappa shape index (κ3) is 5.36. The number of benzene rings is 1. The smallest absolute Gasteiger partial charge is 0.247 e. The van der Waals surface area contributed by atoms with Gasteiger partial charge in [-0.25, -0.2) is 0 Å². The van der Waals surface area contributed by atoms with Gasteiger partial charge in [-0.05, 0) is 61.3 Å². The number of hydrogen-bond acceptors (Lipinski definition) is 6. The highest BCUT2D eigenvalue weighted by Gasteiger charge is 2.33. The van der Waals surface area contributed by atoms with E-state index in [1.54, 1.807) is 7.11 Å². The van der Waals surface area contributed by atoms with Crippen LogP contribution in [-0.4, -0.2) is 55.1 Å². The molecule has 0 saturated carbocycles. The Kier molecular flexibility index (Phi) is 7.08. The average molecular weight is 426 g/mol. The molecule has 3 atom stereocenters. The molecule has 1 saturated heterocycles. The zero-order valence-electron chi connectivity index (χ0n) is 19.2. The normalized spacial score (nSPS) is 24.9. The minimum atomic E-state index is 0.456. The molecule has 2 heterocycles. The largest absolute Gasteiger partial charge is 0.497 e. The molecule has 1 aliphatic heterocycles. The average Bonchev–Trinajstić information content (AvgIpc) is 3.24. The van der Waals surface area contributed by atoms with Crippen molar-refractivity contribution in [2.45, 2.75) is 33.6 Å². The van der Waals surface area contributed by atoms with Gasteiger partial charge in [0.25, 0.3) is 0 Å². The van der Waals surface area contributed by atoms with Crippen LogP contribution in [0.15, 0.2) is 40.3 Å². The summed E-state index contributed by atoms with van der Waals surface area (Å²) in [5, 5.41) is 8.63. The van der Waals surface area contributed by atoms with Crippen molar-refractivity contribution in [2.75, 3.05) is 40.0 Å². The van der Waals surface area contributed by atoms with E-state index in [0.717, 1.165) is 56.5 Å². The highest BCUT2D eigenvalue weighted by Crippen LogP contribution is 2.39. The lowest BCUT2D eigenvalue weighted by Crippen LogP contribution is -2.42. The Hall–Kier alpha value is -2.18. The van der Waals surface area contributed by atoms with E-state index >= 15 is 0 Å². The van der Waals surface area contributed by atoms with Crippen LogP contribution in [0.2, 0.25) is 0 Å². The van der Waals surface area contributed by atoms with Crippen molar-refractivity contribution in [3.8, 4) is 17.2 Å². The van der Waals surface area contributed by atoms with Gasteiger partial charge in [-0.2, -0.15) is 0 Å². The number of hydrogen-bond donors (Lipinski definition) is 0. The molecule has 0 N–H and O–H groups in total. The maximum Gasteiger partial charge on any atom is 0.247 e. The number of aromatic nitrogens is 2. The van der Waals surface area contributed by atoms with Crippen LogP contribution in [0, 0.1) is 23.7 Å². The van der Waals surface area contributed by atoms with E-state index in [1.807, 2.05) is 24.3 Å². The molecular formula is C25H35N3O3. The van der Waals surface area contributed by atoms with Gasteiger partial charge in [-0.15, -0.1) is 10.2 Å². The highest BCUT2D eigenvalue weighted by molar-refractivity contribution is 5.53. The van der Waals surface area contributed by atoms with Gasteiger partial charge < -0.3 is 13.9 Å². The minimum absolute atomic E-state index is 0.456. The lowest BCUT2D eigenvalue weighted by Gasteiger charge is -2.40. The van der Waals surface area contributed by atoms with Crippen molar-refractivity contribution in [3.63, 3.8) is 0 Å². The van der Waals surface area contributed by atoms with Crippen LogP contribution < -0.4 is 4.74 Å². The quantitative estimate of drug-likeness (QED) is 0.610. The van der Waals surface area contributed by atoms with E-state index in [4.69, 9.17) is 13.9 Å². The molecule has 2 aromatic rings. The van der Waals surface area contributed by atoms with E-state index in [-0.39, 0.29) is 0 Å². The van der Waals surface area contributed by atoms with Gasteiger partial charge in [0, 0.05) is 31.6 Å². The summed E-state index contributed by atoms with van der Waals surface area (Å²) in [4.78, 5) is 2.56. The Bertz CT molecular complexity index is 868. The van der Waals surface area contributed by atoms with E-state index in [0.29, 0.717) is 29.6 Å². The lowest BCUT2D eigenvalue weighted by atomic mass is 9.69. The molecular weight excluding hydrogens is 390 g/mol. The molecule has 1 aromatic heterocycles. The number of methoxy groups -OCH3 is 1. The molecule has 31 heavy (non-hydrogen) atoms. The zero-order valence-corrected chi connectivity index (χ0v) is 19.2. The summed E-state index contributed by atoms with van der Waals surface area (Å²) in [6.45, 7) is 11.9. The Balaban J connectivity index is 1.44. The molecule has 0 amide bonds. The molecule has 0 spiro atoms. The fraction of sp³-hybridized carbons (Fsp3) is 0.600. The van der Waals surface area contributed by atoms with Crippen LogP contribution in [0.5, 0.6) is 5.75 Å². The van der Waals surface area contributed by atoms with Crippen molar-refractivity contribution in [1.82, 2.24) is 15.1 Å². The number of allylic oxidation sites excluding steroid dienone is 1. The first-order valence-electron chi connectivity index (χ1n) is 11.5. The minimum Gasteiger partial charge on any atom is -0.497 e. The van der Waals surface area contributed by atoms with Crippen molar-refractivity contribution >= 4 is 0 Å². The number of rotatable bonds is 7. The Labute approximate surface area is 185 Å². The van der Waals surface area contributed by atoms with Gasteiger partial charge >= 0.3 is 0 Å². The summed E-state index contributed by atoms with van der Waals surface area (Å²) in [5.41, 5.74) is 2.38. The molecule has 4 rings (SSSR count). The van der Waals surface area contributed by atoms with Gasteiger partial charge in [0.2, 0.25) is 11.8 Å². The number of nitrogens with zero attached hydrogens (tertiary/aromatic N) is 3. The SMILES string of the molecule is COc1ccc(-c2nnc(CC3CC(C(C)C)C(CN4CCOCC4)C=C3C)o2)cc1. The second-order valence-corrected chi connectivity index (χ2v) is 9.26. The van der Waals surface area contributed by atoms with Crippen molar-refractivity contribution < 1.29 is 13.9 Å². The first kappa shape index (κ1) is 22.0. The second kappa shape index (κ2) is 9.96. The number of ether oxygens (including phenoxy) is 2. The van der Waals surface area contributed by atoms with Crippen molar-refractivity contribution in [3.05, 3.63) is 41.8 Å². The predicted octanol–water partition coefficient (Wildman–Crippen LogP) is 4.47. The third-order valence-electron chi connectivity index (χ3n) is 6.88. The topological polar surface area (TPSA) is 60.6 Å². The summed E-state index contributed by atoms with van der Waals surface area (Å²) in [5.74, 6) is 4.48. The molecule has 6 nitrogen and oxygen atoms in total. The Morgan fingerprint density at radius 3 is 2.55 bits per heavy atom. The monoisotopic (exact) mass is 425 g/mol. The van der Waals surface area contributed by atoms with Crippen LogP contribution in [0.1, 0.15) is 33.1 Å². The zero-order chi connectivity index (χ0) is 21.8. The van der Waals surface area contributed by atoms with E-state index < -0.39 is 0 Å². The standard InChI is InChI=1S/C25H35N3O3/c1-17(2)23-14-20(18(3)13-21(23)16-28-9-11-30-12-10-28)15-24-26-27-25(31-24)19-5-7-22(29-4)8-6-19/h5-8,13,17,20-21,23H,9-12,14-16H2,1-4H3. The summed E-state index contributed by atoms with van der Waals surface area (Å²) in [7, 11) is 1.66. The van der Waals surface area contributed by atoms with E-state index in [9.17, 15) is 0 Å². The molecule has 0 radical (unpaired) electrons. The van der Waals surface area contributed by atoms with E-state index in [2.05, 4.69) is 41.9 Å². The second-order valence-electron chi connectivity index (χ2n) is 9.26. The Morgan fingerprint density at radius 2 is 1.87 bits per heavy atom. The molecule has 168 valence electrons. The van der Waals surface area contributed by atoms with Crippen LogP contribution >= 0.6 is 0 Å². The molecule has 1 fully saturated rings. The van der Waals surface area contributed by atoms with Crippen LogP contribution in [-0.2, 0) is 11.2 Å². The third-order valence-corrected chi connectivity index (χ3v) is 6.88. The predicted molar refractivity (Wildman–Crippen MR) is 121 cm³/mol. The summed E-state index contributed by atoms with van der Waals surface area (Å²) < 4.78 is 16.8. The summed E-state index contributed by atoms with van der Waals surface area (Å²) in [6.07, 6.45) is 4.50. The number of morpholine rings is 1. The molecule has 6 heteroatoms. The molecule has 0 bridgehead atoms. The molecule has 1 aromatic carbocycles. The van der Waals surface area contributed by atoms with Gasteiger partial charge in [-0.1, -0.05) is 25.5 Å². The highest BCUT2D eigenvalue weighted by atomic mass is 16.5. The van der Waals surface area contributed by atoms with Crippen molar-refractivity contribution in [2.24, 2.45) is 23.7 Å². The molecule has 2 aliphatic rings. The van der Waals surface area contributed by atoms with E-state index in [1.165, 1.54) is 12.0 Å². The van der Waals surface area contributed by atoms with Crippen LogP contribution in [0.3, 0.4) is 0 Å². The molecule has 1 aliphatic carbocycles. The maximum absolute atomic E-state index is 6.03. The lowest BCUT2D eigenvalue weighted by molar-refractivity contribution is 0.0256. The van der Waals surface area contributed by atoms with Gasteiger partial charge in [-0.3, -0.25) is 4.90 Å². The Morgan fingerprint density at radius 1 is 1.13 bits per heavy atom. The summed E-state index contributed by atoms with van der Waals surface area (Å²) >= 11 is 0. The van der Waals surface area contributed by atoms with Gasteiger partial charge in [0.1, 0.15) is 5.75 Å². The first-order chi connectivity index (χ1) is 15.0. The maximum atomic E-state index is 6.03. The van der Waals surface area contributed by atoms with Gasteiger partial charge in [0.05, 0.1) is 20.3 Å².